The van der Waals surface area contributed by atoms with Gasteiger partial charge in [-0.25, -0.2) is 9.97 Å². The lowest BCUT2D eigenvalue weighted by Gasteiger charge is -2.07. The van der Waals surface area contributed by atoms with Gasteiger partial charge in [0.2, 0.25) is 0 Å². The Balaban J connectivity index is 2.52. The summed E-state index contributed by atoms with van der Waals surface area (Å²) in [6, 6.07) is 7.49. The Labute approximate surface area is 100 Å². The van der Waals surface area contributed by atoms with Gasteiger partial charge in [0.25, 0.3) is 0 Å². The van der Waals surface area contributed by atoms with E-state index in [1.54, 1.807) is 13.2 Å². The normalized spacial score (nSPS) is 10.3. The SMILES string of the molecule is COc1cc(-c2nc(C)cc(C)n2)ccc1N. The zero-order chi connectivity index (χ0) is 12.4. The summed E-state index contributed by atoms with van der Waals surface area (Å²) in [5, 5.41) is 0. The summed E-state index contributed by atoms with van der Waals surface area (Å²) in [7, 11) is 1.60. The van der Waals surface area contributed by atoms with E-state index in [9.17, 15) is 0 Å². The quantitative estimate of drug-likeness (QED) is 0.803. The highest BCUT2D eigenvalue weighted by Gasteiger charge is 2.06. The van der Waals surface area contributed by atoms with Gasteiger partial charge in [0.1, 0.15) is 5.75 Å². The van der Waals surface area contributed by atoms with Gasteiger partial charge >= 0.3 is 0 Å². The lowest BCUT2D eigenvalue weighted by Crippen LogP contribution is -1.96. The molecule has 1 aromatic carbocycles. The fourth-order valence-corrected chi connectivity index (χ4v) is 1.71. The third-order valence-corrected chi connectivity index (χ3v) is 2.47. The van der Waals surface area contributed by atoms with Gasteiger partial charge in [0.05, 0.1) is 12.8 Å². The number of hydrogen-bond donors (Lipinski definition) is 1. The first-order chi connectivity index (χ1) is 8.10. The maximum absolute atomic E-state index is 5.77. The minimum atomic E-state index is 0.612. The first kappa shape index (κ1) is 11.4. The highest BCUT2D eigenvalue weighted by atomic mass is 16.5. The van der Waals surface area contributed by atoms with E-state index >= 15 is 0 Å². The second kappa shape index (κ2) is 4.41. The Bertz CT molecular complexity index is 532. The van der Waals surface area contributed by atoms with Crippen molar-refractivity contribution in [1.29, 1.82) is 0 Å². The van der Waals surface area contributed by atoms with Gasteiger partial charge in [-0.2, -0.15) is 0 Å². The molecule has 88 valence electrons. The molecule has 2 aromatic rings. The first-order valence-electron chi connectivity index (χ1n) is 5.36. The molecule has 0 unspecified atom stereocenters. The highest BCUT2D eigenvalue weighted by Crippen LogP contribution is 2.27. The van der Waals surface area contributed by atoms with Crippen LogP contribution in [0.25, 0.3) is 11.4 Å². The van der Waals surface area contributed by atoms with E-state index < -0.39 is 0 Å². The number of rotatable bonds is 2. The van der Waals surface area contributed by atoms with Crippen LogP contribution in [0.3, 0.4) is 0 Å². The summed E-state index contributed by atoms with van der Waals surface area (Å²) >= 11 is 0. The molecule has 4 heteroatoms. The molecular weight excluding hydrogens is 214 g/mol. The number of ether oxygens (including phenoxy) is 1. The van der Waals surface area contributed by atoms with E-state index in [2.05, 4.69) is 9.97 Å². The number of nitrogen functional groups attached to an aromatic ring is 1. The summed E-state index contributed by atoms with van der Waals surface area (Å²) in [6.45, 7) is 3.90. The molecule has 0 saturated heterocycles. The van der Waals surface area contributed by atoms with Crippen LogP contribution in [0.5, 0.6) is 5.75 Å². The predicted octanol–water partition coefficient (Wildman–Crippen LogP) is 2.35. The minimum absolute atomic E-state index is 0.612. The van der Waals surface area contributed by atoms with Crippen molar-refractivity contribution >= 4 is 5.69 Å². The molecular formula is C13H15N3O. The molecule has 0 aliphatic heterocycles. The van der Waals surface area contributed by atoms with Gasteiger partial charge in [-0.3, -0.25) is 0 Å². The molecule has 0 spiro atoms. The molecule has 0 bridgehead atoms. The fourth-order valence-electron chi connectivity index (χ4n) is 1.71. The number of hydrogen-bond acceptors (Lipinski definition) is 4. The van der Waals surface area contributed by atoms with E-state index in [4.69, 9.17) is 10.5 Å². The minimum Gasteiger partial charge on any atom is -0.495 e. The molecule has 2 N–H and O–H groups in total. The summed E-state index contributed by atoms with van der Waals surface area (Å²) in [5.74, 6) is 1.34. The molecule has 0 aliphatic carbocycles. The average Bonchev–Trinajstić information content (AvgIpc) is 2.28. The van der Waals surface area contributed by atoms with Crippen LogP contribution in [0.4, 0.5) is 5.69 Å². The zero-order valence-electron chi connectivity index (χ0n) is 10.2. The fraction of sp³-hybridized carbons (Fsp3) is 0.231. The van der Waals surface area contributed by atoms with Crippen molar-refractivity contribution in [2.75, 3.05) is 12.8 Å². The summed E-state index contributed by atoms with van der Waals surface area (Å²) in [6.07, 6.45) is 0. The van der Waals surface area contributed by atoms with Gasteiger partial charge < -0.3 is 10.5 Å². The van der Waals surface area contributed by atoms with Gasteiger partial charge in [0.15, 0.2) is 5.82 Å². The molecule has 17 heavy (non-hydrogen) atoms. The highest BCUT2D eigenvalue weighted by molar-refractivity contribution is 5.65. The topological polar surface area (TPSA) is 61.0 Å². The Morgan fingerprint density at radius 1 is 1.06 bits per heavy atom. The van der Waals surface area contributed by atoms with Crippen molar-refractivity contribution in [3.05, 3.63) is 35.7 Å². The van der Waals surface area contributed by atoms with E-state index in [1.807, 2.05) is 32.0 Å². The van der Waals surface area contributed by atoms with Gasteiger partial charge in [-0.05, 0) is 38.1 Å². The van der Waals surface area contributed by atoms with Crippen molar-refractivity contribution in [2.45, 2.75) is 13.8 Å². The maximum Gasteiger partial charge on any atom is 0.159 e. The van der Waals surface area contributed by atoms with Crippen LogP contribution >= 0.6 is 0 Å². The smallest absolute Gasteiger partial charge is 0.159 e. The number of aromatic nitrogens is 2. The second-order valence-electron chi connectivity index (χ2n) is 3.93. The number of nitrogens with two attached hydrogens (primary N) is 1. The van der Waals surface area contributed by atoms with Crippen molar-refractivity contribution in [1.82, 2.24) is 9.97 Å². The Morgan fingerprint density at radius 3 is 2.29 bits per heavy atom. The summed E-state index contributed by atoms with van der Waals surface area (Å²) in [4.78, 5) is 8.80. The molecule has 0 radical (unpaired) electrons. The Kier molecular flexibility index (Phi) is 2.95. The zero-order valence-corrected chi connectivity index (χ0v) is 10.2. The molecule has 1 aromatic heterocycles. The van der Waals surface area contributed by atoms with Crippen LogP contribution in [-0.4, -0.2) is 17.1 Å². The predicted molar refractivity (Wildman–Crippen MR) is 67.9 cm³/mol. The van der Waals surface area contributed by atoms with Crippen LogP contribution in [0.1, 0.15) is 11.4 Å². The monoisotopic (exact) mass is 229 g/mol. The molecule has 0 atom stereocenters. The number of nitrogens with zero attached hydrogens (tertiary/aromatic N) is 2. The summed E-state index contributed by atoms with van der Waals surface area (Å²) < 4.78 is 5.19. The third-order valence-electron chi connectivity index (χ3n) is 2.47. The third kappa shape index (κ3) is 2.36. The Hall–Kier alpha value is -2.10. The lowest BCUT2D eigenvalue weighted by molar-refractivity contribution is 0.417. The van der Waals surface area contributed by atoms with Crippen molar-refractivity contribution in [2.24, 2.45) is 0 Å². The lowest BCUT2D eigenvalue weighted by atomic mass is 10.1. The summed E-state index contributed by atoms with van der Waals surface area (Å²) in [5.41, 5.74) is 9.18. The van der Waals surface area contributed by atoms with Crippen LogP contribution < -0.4 is 10.5 Å². The maximum atomic E-state index is 5.77. The number of anilines is 1. The molecule has 2 rings (SSSR count). The number of benzene rings is 1. The van der Waals surface area contributed by atoms with Crippen molar-refractivity contribution < 1.29 is 4.74 Å². The molecule has 1 heterocycles. The van der Waals surface area contributed by atoms with Crippen LogP contribution in [0.2, 0.25) is 0 Å². The van der Waals surface area contributed by atoms with Crippen LogP contribution in [0.15, 0.2) is 24.3 Å². The van der Waals surface area contributed by atoms with Gasteiger partial charge in [0, 0.05) is 17.0 Å². The largest absolute Gasteiger partial charge is 0.495 e. The molecule has 0 saturated carbocycles. The van der Waals surface area contributed by atoms with Gasteiger partial charge in [-0.15, -0.1) is 0 Å². The number of methoxy groups -OCH3 is 1. The van der Waals surface area contributed by atoms with Crippen LogP contribution in [0, 0.1) is 13.8 Å². The van der Waals surface area contributed by atoms with E-state index in [1.165, 1.54) is 0 Å². The standard InChI is InChI=1S/C13H15N3O/c1-8-6-9(2)16-13(15-8)10-4-5-11(14)12(7-10)17-3/h4-7H,14H2,1-3H3. The van der Waals surface area contributed by atoms with Gasteiger partial charge in [-0.1, -0.05) is 0 Å². The molecule has 0 fully saturated rings. The first-order valence-corrected chi connectivity index (χ1v) is 5.36. The Morgan fingerprint density at radius 2 is 1.71 bits per heavy atom. The van der Waals surface area contributed by atoms with Crippen molar-refractivity contribution in [3.8, 4) is 17.1 Å². The molecule has 0 aliphatic rings. The van der Waals surface area contributed by atoms with Crippen molar-refractivity contribution in [3.63, 3.8) is 0 Å². The number of aryl methyl sites for hydroxylation is 2. The second-order valence-corrected chi connectivity index (χ2v) is 3.93. The van der Waals surface area contributed by atoms with E-state index in [0.29, 0.717) is 17.3 Å². The van der Waals surface area contributed by atoms with E-state index in [0.717, 1.165) is 17.0 Å². The van der Waals surface area contributed by atoms with E-state index in [-0.39, 0.29) is 0 Å². The molecule has 0 amide bonds. The van der Waals surface area contributed by atoms with Crippen LogP contribution in [-0.2, 0) is 0 Å². The average molecular weight is 229 g/mol. The molecule has 4 nitrogen and oxygen atoms in total.